The first-order valence-electron chi connectivity index (χ1n) is 5.31. The fraction of sp³-hybridized carbons (Fsp3) is 0.286. The van der Waals surface area contributed by atoms with Gasteiger partial charge in [0, 0.05) is 11.1 Å². The number of fused-ring (bicyclic) bond motifs is 1. The number of benzene rings is 1. The topological polar surface area (TPSA) is 34.1 Å². The molecule has 0 radical (unpaired) electrons. The Balaban J connectivity index is 2.55. The van der Waals surface area contributed by atoms with Gasteiger partial charge in [-0.1, -0.05) is 51.1 Å². The minimum absolute atomic E-state index is 0.143. The first-order chi connectivity index (χ1) is 7.40. The number of carbonyl (C=O) groups is 2. The number of ketones is 2. The molecule has 0 unspecified atom stereocenters. The van der Waals surface area contributed by atoms with Crippen LogP contribution in [0.4, 0.5) is 0 Å². The molecule has 2 rings (SSSR count). The highest BCUT2D eigenvalue weighted by molar-refractivity contribution is 6.39. The summed E-state index contributed by atoms with van der Waals surface area (Å²) in [4.78, 5) is 24.0. The van der Waals surface area contributed by atoms with Crippen molar-refractivity contribution in [3.8, 4) is 0 Å². The van der Waals surface area contributed by atoms with E-state index in [9.17, 15) is 9.59 Å². The predicted molar refractivity (Wildman–Crippen MR) is 62.6 cm³/mol. The van der Waals surface area contributed by atoms with Crippen molar-refractivity contribution in [2.24, 2.45) is 5.41 Å². The van der Waals surface area contributed by atoms with E-state index in [0.29, 0.717) is 16.7 Å². The van der Waals surface area contributed by atoms with Crippen LogP contribution >= 0.6 is 0 Å². The second-order valence-corrected chi connectivity index (χ2v) is 5.13. The van der Waals surface area contributed by atoms with E-state index in [-0.39, 0.29) is 17.0 Å². The molecule has 82 valence electrons. The molecule has 1 aromatic rings. The van der Waals surface area contributed by atoms with Crippen LogP contribution in [0.15, 0.2) is 35.9 Å². The summed E-state index contributed by atoms with van der Waals surface area (Å²) in [5.74, 6) is -0.286. The van der Waals surface area contributed by atoms with E-state index in [1.807, 2.05) is 20.8 Å². The summed E-state index contributed by atoms with van der Waals surface area (Å²) in [6.45, 7) is 5.93. The maximum absolute atomic E-state index is 12.0. The largest absolute Gasteiger partial charge is 0.288 e. The van der Waals surface area contributed by atoms with Gasteiger partial charge in [-0.15, -0.1) is 0 Å². The lowest BCUT2D eigenvalue weighted by Crippen LogP contribution is -2.08. The maximum Gasteiger partial charge on any atom is 0.197 e. The van der Waals surface area contributed by atoms with Gasteiger partial charge in [-0.3, -0.25) is 9.59 Å². The van der Waals surface area contributed by atoms with Crippen LogP contribution < -0.4 is 0 Å². The molecule has 0 saturated carbocycles. The Labute approximate surface area is 95.0 Å². The molecule has 1 aliphatic rings. The van der Waals surface area contributed by atoms with Crippen molar-refractivity contribution in [2.45, 2.75) is 20.8 Å². The van der Waals surface area contributed by atoms with Gasteiger partial charge in [0.1, 0.15) is 0 Å². The zero-order valence-corrected chi connectivity index (χ0v) is 9.70. The third-order valence-corrected chi connectivity index (χ3v) is 2.48. The number of rotatable bonds is 0. The standard InChI is InChI=1S/C14H14O2/c1-14(2,3)8-11-12(15)9-6-4-5-7-10(9)13(11)16/h4-8H,1-3H3. The van der Waals surface area contributed by atoms with Crippen LogP contribution in [0, 0.1) is 5.41 Å². The Morgan fingerprint density at radius 1 is 0.938 bits per heavy atom. The minimum Gasteiger partial charge on any atom is -0.288 e. The molecule has 0 aliphatic heterocycles. The van der Waals surface area contributed by atoms with Crippen LogP contribution in [-0.4, -0.2) is 11.6 Å². The van der Waals surface area contributed by atoms with Gasteiger partial charge in [0.15, 0.2) is 11.6 Å². The normalized spacial score (nSPS) is 15.3. The van der Waals surface area contributed by atoms with Crippen molar-refractivity contribution in [1.82, 2.24) is 0 Å². The molecular formula is C14H14O2. The van der Waals surface area contributed by atoms with E-state index in [1.165, 1.54) is 0 Å². The first-order valence-corrected chi connectivity index (χ1v) is 5.31. The van der Waals surface area contributed by atoms with Gasteiger partial charge in [0.05, 0.1) is 5.57 Å². The van der Waals surface area contributed by atoms with E-state index in [4.69, 9.17) is 0 Å². The molecule has 0 saturated heterocycles. The highest BCUT2D eigenvalue weighted by Crippen LogP contribution is 2.29. The highest BCUT2D eigenvalue weighted by atomic mass is 16.2. The molecular weight excluding hydrogens is 200 g/mol. The zero-order chi connectivity index (χ0) is 11.9. The number of hydrogen-bond donors (Lipinski definition) is 0. The molecule has 1 aliphatic carbocycles. The summed E-state index contributed by atoms with van der Waals surface area (Å²) < 4.78 is 0. The van der Waals surface area contributed by atoms with Crippen molar-refractivity contribution in [2.75, 3.05) is 0 Å². The molecule has 0 spiro atoms. The quantitative estimate of drug-likeness (QED) is 0.491. The molecule has 2 nitrogen and oxygen atoms in total. The fourth-order valence-corrected chi connectivity index (χ4v) is 1.84. The third kappa shape index (κ3) is 1.71. The molecule has 0 fully saturated rings. The van der Waals surface area contributed by atoms with Crippen LogP contribution in [0.1, 0.15) is 41.5 Å². The molecule has 0 atom stereocenters. The van der Waals surface area contributed by atoms with Crippen molar-refractivity contribution in [1.29, 1.82) is 0 Å². The van der Waals surface area contributed by atoms with Crippen LogP contribution in [0.5, 0.6) is 0 Å². The third-order valence-electron chi connectivity index (χ3n) is 2.48. The second-order valence-electron chi connectivity index (χ2n) is 5.13. The molecule has 0 bridgehead atoms. The Hall–Kier alpha value is -1.70. The van der Waals surface area contributed by atoms with Gasteiger partial charge >= 0.3 is 0 Å². The summed E-state index contributed by atoms with van der Waals surface area (Å²) >= 11 is 0. The predicted octanol–water partition coefficient (Wildman–Crippen LogP) is 3.04. The van der Waals surface area contributed by atoms with E-state index in [2.05, 4.69) is 0 Å². The van der Waals surface area contributed by atoms with Crippen LogP contribution in [0.25, 0.3) is 0 Å². The molecule has 0 heterocycles. The Morgan fingerprint density at radius 3 is 1.75 bits per heavy atom. The zero-order valence-electron chi connectivity index (χ0n) is 9.70. The molecule has 0 N–H and O–H groups in total. The lowest BCUT2D eigenvalue weighted by Gasteiger charge is -2.12. The van der Waals surface area contributed by atoms with Gasteiger partial charge in [0.25, 0.3) is 0 Å². The van der Waals surface area contributed by atoms with Gasteiger partial charge in [-0.25, -0.2) is 0 Å². The molecule has 0 amide bonds. The number of hydrogen-bond acceptors (Lipinski definition) is 2. The molecule has 0 aromatic heterocycles. The average molecular weight is 214 g/mol. The average Bonchev–Trinajstić information content (AvgIpc) is 2.43. The minimum atomic E-state index is -0.164. The fourth-order valence-electron chi connectivity index (χ4n) is 1.84. The second kappa shape index (κ2) is 3.41. The van der Waals surface area contributed by atoms with E-state index < -0.39 is 0 Å². The summed E-state index contributed by atoms with van der Waals surface area (Å²) in [5, 5.41) is 0. The summed E-state index contributed by atoms with van der Waals surface area (Å²) in [5.41, 5.74) is 1.21. The van der Waals surface area contributed by atoms with Gasteiger partial charge in [-0.2, -0.15) is 0 Å². The van der Waals surface area contributed by atoms with Crippen molar-refractivity contribution in [3.63, 3.8) is 0 Å². The van der Waals surface area contributed by atoms with Crippen LogP contribution in [0.3, 0.4) is 0 Å². The summed E-state index contributed by atoms with van der Waals surface area (Å²) in [6.07, 6.45) is 1.76. The monoisotopic (exact) mass is 214 g/mol. The van der Waals surface area contributed by atoms with Crippen molar-refractivity contribution in [3.05, 3.63) is 47.0 Å². The van der Waals surface area contributed by atoms with E-state index >= 15 is 0 Å². The lowest BCUT2D eigenvalue weighted by atomic mass is 9.92. The van der Waals surface area contributed by atoms with Gasteiger partial charge in [0.2, 0.25) is 0 Å². The number of Topliss-reactive ketones (excluding diaryl/α,β-unsaturated/α-hetero) is 2. The summed E-state index contributed by atoms with van der Waals surface area (Å²) in [7, 11) is 0. The Bertz CT molecular complexity index is 465. The van der Waals surface area contributed by atoms with Crippen LogP contribution in [0.2, 0.25) is 0 Å². The van der Waals surface area contributed by atoms with E-state index in [0.717, 1.165) is 0 Å². The van der Waals surface area contributed by atoms with Crippen molar-refractivity contribution >= 4 is 11.6 Å². The number of allylic oxidation sites excluding steroid dienone is 2. The van der Waals surface area contributed by atoms with Crippen molar-refractivity contribution < 1.29 is 9.59 Å². The summed E-state index contributed by atoms with van der Waals surface area (Å²) in [6, 6.07) is 6.98. The number of carbonyl (C=O) groups excluding carboxylic acids is 2. The lowest BCUT2D eigenvalue weighted by molar-refractivity contribution is 0.0986. The SMILES string of the molecule is CC(C)(C)C=C1C(=O)c2ccccc2C1=O. The molecule has 16 heavy (non-hydrogen) atoms. The smallest absolute Gasteiger partial charge is 0.197 e. The van der Waals surface area contributed by atoms with E-state index in [1.54, 1.807) is 30.3 Å². The Morgan fingerprint density at radius 2 is 1.38 bits per heavy atom. The molecule has 1 aromatic carbocycles. The Kier molecular flexibility index (Phi) is 2.30. The van der Waals surface area contributed by atoms with Gasteiger partial charge in [-0.05, 0) is 5.41 Å². The molecule has 2 heteroatoms. The maximum atomic E-state index is 12.0. The van der Waals surface area contributed by atoms with Gasteiger partial charge < -0.3 is 0 Å². The van der Waals surface area contributed by atoms with Crippen LogP contribution in [-0.2, 0) is 0 Å². The first kappa shape index (κ1) is 10.8. The highest BCUT2D eigenvalue weighted by Gasteiger charge is 2.33.